The van der Waals surface area contributed by atoms with Gasteiger partial charge < -0.3 is 14.5 Å². The molecule has 1 aliphatic heterocycles. The Morgan fingerprint density at radius 1 is 1.32 bits per heavy atom. The van der Waals surface area contributed by atoms with Crippen molar-refractivity contribution in [3.8, 4) is 0 Å². The Morgan fingerprint density at radius 3 is 2.59 bits per heavy atom. The van der Waals surface area contributed by atoms with Gasteiger partial charge in [-0.2, -0.15) is 0 Å². The van der Waals surface area contributed by atoms with E-state index < -0.39 is 0 Å². The van der Waals surface area contributed by atoms with Gasteiger partial charge >= 0.3 is 12.0 Å². The maximum absolute atomic E-state index is 11.9. The summed E-state index contributed by atoms with van der Waals surface area (Å²) in [6.45, 7) is 5.88. The molecule has 0 unspecified atom stereocenters. The number of carbonyl (C=O) groups is 2. The molecule has 0 aromatic carbocycles. The van der Waals surface area contributed by atoms with Gasteiger partial charge in [0.1, 0.15) is 0 Å². The Balaban J connectivity index is 1.84. The Kier molecular flexibility index (Phi) is 5.73. The second-order valence-electron chi connectivity index (χ2n) is 5.30. The predicted molar refractivity (Wildman–Crippen MR) is 84.0 cm³/mol. The summed E-state index contributed by atoms with van der Waals surface area (Å²) in [6, 6.07) is 0.0536. The van der Waals surface area contributed by atoms with Crippen LogP contribution in [0.3, 0.4) is 0 Å². The molecule has 2 amide bonds. The van der Waals surface area contributed by atoms with Crippen LogP contribution in [0.4, 0.5) is 4.79 Å². The topological polar surface area (TPSA) is 66.0 Å². The number of carbonyl (C=O) groups excluding carboxylic acids is 2. The van der Waals surface area contributed by atoms with Gasteiger partial charge in [0.15, 0.2) is 0 Å². The third-order valence-electron chi connectivity index (χ3n) is 3.41. The van der Waals surface area contributed by atoms with E-state index in [1.807, 2.05) is 10.3 Å². The molecule has 1 saturated heterocycles. The first-order valence-electron chi connectivity index (χ1n) is 7.31. The average molecular weight is 326 g/mol. The molecule has 0 spiro atoms. The summed E-state index contributed by atoms with van der Waals surface area (Å²) in [4.78, 5) is 33.5. The van der Waals surface area contributed by atoms with Gasteiger partial charge in [-0.1, -0.05) is 0 Å². The lowest BCUT2D eigenvalue weighted by molar-refractivity contribution is 0.0525. The zero-order valence-corrected chi connectivity index (χ0v) is 14.1. The van der Waals surface area contributed by atoms with E-state index in [0.717, 1.165) is 18.8 Å². The Bertz CT molecular complexity index is 524. The van der Waals surface area contributed by atoms with Crippen molar-refractivity contribution in [1.29, 1.82) is 0 Å². The van der Waals surface area contributed by atoms with Gasteiger partial charge in [-0.15, -0.1) is 11.3 Å². The molecular formula is C14H22N4O3S. The van der Waals surface area contributed by atoms with Crippen molar-refractivity contribution in [2.75, 3.05) is 46.9 Å². The van der Waals surface area contributed by atoms with Crippen molar-refractivity contribution in [3.05, 3.63) is 16.1 Å². The molecule has 8 heteroatoms. The van der Waals surface area contributed by atoms with Crippen molar-refractivity contribution < 1.29 is 14.3 Å². The molecule has 0 atom stereocenters. The standard InChI is InChI=1S/C14H22N4O3S/c1-4-21-13(19)12-15-11(10-22-12)9-17-5-7-18(8-6-17)14(20)16(2)3/h10H,4-9H2,1-3H3. The number of thiazole rings is 1. The van der Waals surface area contributed by atoms with Crippen LogP contribution in [0.1, 0.15) is 22.4 Å². The first kappa shape index (κ1) is 16.7. The second kappa shape index (κ2) is 7.55. The first-order valence-corrected chi connectivity index (χ1v) is 8.19. The van der Waals surface area contributed by atoms with Gasteiger partial charge in [0.05, 0.1) is 12.3 Å². The lowest BCUT2D eigenvalue weighted by atomic mass is 10.3. The fraction of sp³-hybridized carbons (Fsp3) is 0.643. The number of hydrogen-bond donors (Lipinski definition) is 0. The summed E-state index contributed by atoms with van der Waals surface area (Å²) in [6.07, 6.45) is 0. The lowest BCUT2D eigenvalue weighted by Crippen LogP contribution is -2.51. The Hall–Kier alpha value is -1.67. The predicted octanol–water partition coefficient (Wildman–Crippen LogP) is 1.12. The quantitative estimate of drug-likeness (QED) is 0.776. The van der Waals surface area contributed by atoms with Crippen LogP contribution in [0.15, 0.2) is 5.38 Å². The number of esters is 1. The van der Waals surface area contributed by atoms with E-state index in [1.54, 1.807) is 25.9 Å². The zero-order valence-electron chi connectivity index (χ0n) is 13.2. The minimum Gasteiger partial charge on any atom is -0.461 e. The van der Waals surface area contributed by atoms with Crippen LogP contribution in [-0.4, -0.2) is 78.6 Å². The number of amides is 2. The van der Waals surface area contributed by atoms with Crippen LogP contribution >= 0.6 is 11.3 Å². The van der Waals surface area contributed by atoms with E-state index in [-0.39, 0.29) is 12.0 Å². The molecule has 0 saturated carbocycles. The van der Waals surface area contributed by atoms with Gasteiger partial charge in [-0.05, 0) is 6.92 Å². The van der Waals surface area contributed by atoms with Crippen molar-refractivity contribution in [1.82, 2.24) is 19.7 Å². The molecule has 1 fully saturated rings. The molecule has 0 N–H and O–H groups in total. The summed E-state index contributed by atoms with van der Waals surface area (Å²) < 4.78 is 4.94. The molecule has 0 radical (unpaired) electrons. The Labute approximate surface area is 134 Å². The van der Waals surface area contributed by atoms with Crippen molar-refractivity contribution in [2.24, 2.45) is 0 Å². The number of ether oxygens (including phenoxy) is 1. The number of aromatic nitrogens is 1. The largest absolute Gasteiger partial charge is 0.461 e. The van der Waals surface area contributed by atoms with Gasteiger partial charge in [0, 0.05) is 52.2 Å². The van der Waals surface area contributed by atoms with Gasteiger partial charge in [-0.25, -0.2) is 14.6 Å². The normalized spacial score (nSPS) is 15.7. The molecule has 22 heavy (non-hydrogen) atoms. The van der Waals surface area contributed by atoms with E-state index in [9.17, 15) is 9.59 Å². The van der Waals surface area contributed by atoms with Gasteiger partial charge in [-0.3, -0.25) is 4.90 Å². The third-order valence-corrected chi connectivity index (χ3v) is 4.28. The molecule has 1 aromatic heterocycles. The number of hydrogen-bond acceptors (Lipinski definition) is 6. The molecule has 1 aromatic rings. The van der Waals surface area contributed by atoms with E-state index in [2.05, 4.69) is 9.88 Å². The molecular weight excluding hydrogens is 304 g/mol. The van der Waals surface area contributed by atoms with E-state index in [0.29, 0.717) is 31.2 Å². The van der Waals surface area contributed by atoms with E-state index >= 15 is 0 Å². The molecule has 7 nitrogen and oxygen atoms in total. The van der Waals surface area contributed by atoms with Crippen LogP contribution in [-0.2, 0) is 11.3 Å². The van der Waals surface area contributed by atoms with Crippen LogP contribution < -0.4 is 0 Å². The molecule has 2 rings (SSSR count). The summed E-state index contributed by atoms with van der Waals surface area (Å²) in [5.74, 6) is -0.361. The zero-order chi connectivity index (χ0) is 16.1. The van der Waals surface area contributed by atoms with E-state index in [4.69, 9.17) is 4.74 Å². The van der Waals surface area contributed by atoms with Gasteiger partial charge in [0.25, 0.3) is 0 Å². The minimum atomic E-state index is -0.361. The van der Waals surface area contributed by atoms with Crippen molar-refractivity contribution in [3.63, 3.8) is 0 Å². The van der Waals surface area contributed by atoms with Crippen molar-refractivity contribution in [2.45, 2.75) is 13.5 Å². The fourth-order valence-electron chi connectivity index (χ4n) is 2.28. The lowest BCUT2D eigenvalue weighted by Gasteiger charge is -2.35. The minimum absolute atomic E-state index is 0.0536. The highest BCUT2D eigenvalue weighted by molar-refractivity contribution is 7.11. The number of piperazine rings is 1. The van der Waals surface area contributed by atoms with Crippen LogP contribution in [0, 0.1) is 0 Å². The van der Waals surface area contributed by atoms with Crippen LogP contribution in [0.25, 0.3) is 0 Å². The number of nitrogens with zero attached hydrogens (tertiary/aromatic N) is 4. The highest BCUT2D eigenvalue weighted by atomic mass is 32.1. The molecule has 1 aliphatic rings. The molecule has 122 valence electrons. The smallest absolute Gasteiger partial charge is 0.367 e. The van der Waals surface area contributed by atoms with Crippen molar-refractivity contribution >= 4 is 23.3 Å². The maximum Gasteiger partial charge on any atom is 0.367 e. The summed E-state index contributed by atoms with van der Waals surface area (Å²) >= 11 is 1.31. The molecule has 0 bridgehead atoms. The van der Waals surface area contributed by atoms with Gasteiger partial charge in [0.2, 0.25) is 5.01 Å². The second-order valence-corrected chi connectivity index (χ2v) is 6.16. The van der Waals surface area contributed by atoms with E-state index in [1.165, 1.54) is 11.3 Å². The number of rotatable bonds is 4. The van der Waals surface area contributed by atoms with Crippen LogP contribution in [0.2, 0.25) is 0 Å². The SMILES string of the molecule is CCOC(=O)c1nc(CN2CCN(C(=O)N(C)C)CC2)cs1. The highest BCUT2D eigenvalue weighted by Gasteiger charge is 2.23. The highest BCUT2D eigenvalue weighted by Crippen LogP contribution is 2.14. The Morgan fingerprint density at radius 2 is 2.00 bits per heavy atom. The summed E-state index contributed by atoms with van der Waals surface area (Å²) in [5, 5.41) is 2.29. The third kappa shape index (κ3) is 4.17. The fourth-order valence-corrected chi connectivity index (χ4v) is 2.98. The maximum atomic E-state index is 11.9. The first-order chi connectivity index (χ1) is 10.5. The molecule has 0 aliphatic carbocycles. The summed E-state index contributed by atoms with van der Waals surface area (Å²) in [5.41, 5.74) is 0.875. The van der Waals surface area contributed by atoms with Crippen LogP contribution in [0.5, 0.6) is 0 Å². The summed E-state index contributed by atoms with van der Waals surface area (Å²) in [7, 11) is 3.53. The monoisotopic (exact) mass is 326 g/mol. The number of urea groups is 1. The average Bonchev–Trinajstić information content (AvgIpc) is 2.96. The molecule has 2 heterocycles.